The van der Waals surface area contributed by atoms with Crippen LogP contribution >= 0.6 is 11.6 Å². The molecule has 0 unspecified atom stereocenters. The number of halogens is 3. The average Bonchev–Trinajstić information content (AvgIpc) is 2.97. The number of hydrogen-bond donors (Lipinski definition) is 3. The highest BCUT2D eigenvalue weighted by molar-refractivity contribution is 6.31. The molecule has 1 aliphatic rings. The standard InChI is InChI=1S/C28H29ClF2N6O6/c1-17(38)37(33-15-19-3-2-4-23(31)26(19)29)22(13-25(39)35-7-9-36(10-8-35)28(41)42)16-43-27(40)34-24-12-20-11-21(30)6-5-18(20)14-32-24/h2-6,11-12,14,22,33H,7-10,13,15-16H2,1H3,(H,41,42)(H,32,34,40)/t22-/m0/s1. The summed E-state index contributed by atoms with van der Waals surface area (Å²) >= 11 is 6.05. The van der Waals surface area contributed by atoms with Gasteiger partial charge in [-0.05, 0) is 41.3 Å². The number of carbonyl (C=O) groups is 4. The van der Waals surface area contributed by atoms with Gasteiger partial charge < -0.3 is 19.6 Å². The Hall–Kier alpha value is -4.56. The first-order chi connectivity index (χ1) is 20.5. The lowest BCUT2D eigenvalue weighted by Gasteiger charge is -2.36. The van der Waals surface area contributed by atoms with Crippen LogP contribution in [0.1, 0.15) is 18.9 Å². The largest absolute Gasteiger partial charge is 0.465 e. The Kier molecular flexibility index (Phi) is 10.3. The molecule has 4 amide bonds. The van der Waals surface area contributed by atoms with E-state index >= 15 is 0 Å². The molecule has 3 N–H and O–H groups in total. The highest BCUT2D eigenvalue weighted by atomic mass is 35.5. The molecule has 2 heterocycles. The van der Waals surface area contributed by atoms with E-state index in [4.69, 9.17) is 16.3 Å². The smallest absolute Gasteiger partial charge is 0.412 e. The van der Waals surface area contributed by atoms with Crippen molar-refractivity contribution in [1.82, 2.24) is 25.2 Å². The predicted molar refractivity (Wildman–Crippen MR) is 152 cm³/mol. The quantitative estimate of drug-likeness (QED) is 0.307. The molecule has 1 aromatic heterocycles. The van der Waals surface area contributed by atoms with Gasteiger partial charge in [0, 0.05) is 51.2 Å². The number of anilines is 1. The summed E-state index contributed by atoms with van der Waals surface area (Å²) in [5.41, 5.74) is 3.20. The Balaban J connectivity index is 1.47. The van der Waals surface area contributed by atoms with Gasteiger partial charge >= 0.3 is 12.2 Å². The molecule has 43 heavy (non-hydrogen) atoms. The maximum atomic E-state index is 14.0. The fourth-order valence-corrected chi connectivity index (χ4v) is 4.74. The van der Waals surface area contributed by atoms with Crippen LogP contribution in [0.25, 0.3) is 10.8 Å². The number of fused-ring (bicyclic) bond motifs is 1. The summed E-state index contributed by atoms with van der Waals surface area (Å²) < 4.78 is 32.9. The summed E-state index contributed by atoms with van der Waals surface area (Å²) in [5, 5.41) is 13.8. The number of benzene rings is 2. The second-order valence-corrected chi connectivity index (χ2v) is 10.1. The van der Waals surface area contributed by atoms with Gasteiger partial charge in [-0.15, -0.1) is 0 Å². The van der Waals surface area contributed by atoms with Gasteiger partial charge in [0.25, 0.3) is 0 Å². The van der Waals surface area contributed by atoms with Gasteiger partial charge in [0.05, 0.1) is 17.5 Å². The first-order valence-electron chi connectivity index (χ1n) is 13.2. The third kappa shape index (κ3) is 8.26. The molecule has 1 aliphatic heterocycles. The van der Waals surface area contributed by atoms with Gasteiger partial charge in [0.15, 0.2) is 0 Å². The van der Waals surface area contributed by atoms with E-state index in [-0.39, 0.29) is 50.0 Å². The molecule has 228 valence electrons. The summed E-state index contributed by atoms with van der Waals surface area (Å²) in [6, 6.07) is 8.77. The molecule has 0 aliphatic carbocycles. The molecule has 3 aromatic rings. The number of ether oxygens (including phenoxy) is 1. The second kappa shape index (κ2) is 14.1. The van der Waals surface area contributed by atoms with Crippen LogP contribution < -0.4 is 10.7 Å². The first kappa shape index (κ1) is 31.4. The molecule has 0 radical (unpaired) electrons. The van der Waals surface area contributed by atoms with Crippen LogP contribution in [-0.2, 0) is 20.9 Å². The van der Waals surface area contributed by atoms with E-state index in [2.05, 4.69) is 15.7 Å². The number of amides is 4. The van der Waals surface area contributed by atoms with E-state index in [9.17, 15) is 33.1 Å². The van der Waals surface area contributed by atoms with E-state index in [0.717, 1.165) is 5.01 Å². The molecular formula is C28H29ClF2N6O6. The number of carbonyl (C=O) groups excluding carboxylic acids is 3. The Bertz CT molecular complexity index is 1520. The van der Waals surface area contributed by atoms with E-state index in [1.165, 1.54) is 53.3 Å². The minimum absolute atomic E-state index is 0.0814. The topological polar surface area (TPSA) is 144 Å². The van der Waals surface area contributed by atoms with Crippen molar-refractivity contribution in [3.05, 3.63) is 70.9 Å². The van der Waals surface area contributed by atoms with Crippen molar-refractivity contribution in [2.75, 3.05) is 38.1 Å². The average molecular weight is 619 g/mol. The molecular weight excluding hydrogens is 590 g/mol. The maximum Gasteiger partial charge on any atom is 0.412 e. The zero-order valence-corrected chi connectivity index (χ0v) is 23.8. The number of nitrogens with zero attached hydrogens (tertiary/aromatic N) is 4. The van der Waals surface area contributed by atoms with Gasteiger partial charge in [0.1, 0.15) is 24.1 Å². The lowest BCUT2D eigenvalue weighted by molar-refractivity contribution is -0.141. The first-order valence-corrected chi connectivity index (χ1v) is 13.6. The van der Waals surface area contributed by atoms with Crippen molar-refractivity contribution in [3.63, 3.8) is 0 Å². The Morgan fingerprint density at radius 2 is 1.79 bits per heavy atom. The molecule has 2 aromatic carbocycles. The Morgan fingerprint density at radius 1 is 1.07 bits per heavy atom. The summed E-state index contributed by atoms with van der Waals surface area (Å²) in [5.74, 6) is -1.93. The number of rotatable bonds is 9. The van der Waals surface area contributed by atoms with E-state index in [1.54, 1.807) is 12.1 Å². The zero-order valence-electron chi connectivity index (χ0n) is 23.1. The lowest BCUT2D eigenvalue weighted by atomic mass is 10.1. The van der Waals surface area contributed by atoms with Gasteiger partial charge in [0.2, 0.25) is 11.8 Å². The SMILES string of the molecule is CC(=O)N(NCc1cccc(F)c1Cl)[C@H](COC(=O)Nc1cc2cc(F)ccc2cn1)CC(=O)N1CCN(C(=O)O)CC1. The second-order valence-electron chi connectivity index (χ2n) is 9.73. The minimum Gasteiger partial charge on any atom is -0.465 e. The van der Waals surface area contributed by atoms with Crippen LogP contribution in [0.3, 0.4) is 0 Å². The third-order valence-corrected chi connectivity index (χ3v) is 7.23. The lowest BCUT2D eigenvalue weighted by Crippen LogP contribution is -2.54. The predicted octanol–water partition coefficient (Wildman–Crippen LogP) is 3.85. The number of hydrogen-bond acceptors (Lipinski definition) is 7. The van der Waals surface area contributed by atoms with Crippen LogP contribution in [0.4, 0.5) is 24.2 Å². The molecule has 4 rings (SSSR count). The molecule has 12 nitrogen and oxygen atoms in total. The van der Waals surface area contributed by atoms with Gasteiger partial charge in [-0.25, -0.2) is 28.8 Å². The number of aromatic nitrogens is 1. The van der Waals surface area contributed by atoms with Crippen LogP contribution in [0.2, 0.25) is 5.02 Å². The van der Waals surface area contributed by atoms with Gasteiger partial charge in [-0.2, -0.15) is 0 Å². The Morgan fingerprint density at radius 3 is 2.49 bits per heavy atom. The molecule has 0 spiro atoms. The summed E-state index contributed by atoms with van der Waals surface area (Å²) in [6.45, 7) is 1.28. The summed E-state index contributed by atoms with van der Waals surface area (Å²) in [7, 11) is 0. The highest BCUT2D eigenvalue weighted by Gasteiger charge is 2.30. The van der Waals surface area contributed by atoms with E-state index in [1.807, 2.05) is 0 Å². The number of pyridine rings is 1. The fourth-order valence-electron chi connectivity index (χ4n) is 4.55. The third-order valence-electron chi connectivity index (χ3n) is 6.81. The number of hydrazine groups is 1. The van der Waals surface area contributed by atoms with Gasteiger partial charge in [-0.3, -0.25) is 19.9 Å². The Labute approximate surface area is 250 Å². The number of piperazine rings is 1. The van der Waals surface area contributed by atoms with Crippen LogP contribution in [0, 0.1) is 11.6 Å². The van der Waals surface area contributed by atoms with Crippen molar-refractivity contribution < 1.29 is 37.8 Å². The summed E-state index contributed by atoms with van der Waals surface area (Å²) in [6.07, 6.45) is -0.850. The molecule has 1 atom stereocenters. The summed E-state index contributed by atoms with van der Waals surface area (Å²) in [4.78, 5) is 56.6. The molecule has 0 bridgehead atoms. The molecule has 15 heteroatoms. The minimum atomic E-state index is -1.08. The monoisotopic (exact) mass is 618 g/mol. The van der Waals surface area contributed by atoms with Crippen LogP contribution in [0.5, 0.6) is 0 Å². The van der Waals surface area contributed by atoms with E-state index < -0.39 is 48.3 Å². The van der Waals surface area contributed by atoms with E-state index in [0.29, 0.717) is 16.3 Å². The van der Waals surface area contributed by atoms with Crippen molar-refractivity contribution in [3.8, 4) is 0 Å². The molecule has 1 fully saturated rings. The van der Waals surface area contributed by atoms with Gasteiger partial charge in [-0.1, -0.05) is 23.7 Å². The van der Waals surface area contributed by atoms with Crippen molar-refractivity contribution in [2.24, 2.45) is 0 Å². The van der Waals surface area contributed by atoms with Crippen LogP contribution in [-0.4, -0.2) is 87.7 Å². The number of nitrogens with one attached hydrogen (secondary N) is 2. The van der Waals surface area contributed by atoms with Crippen molar-refractivity contribution >= 4 is 52.2 Å². The fraction of sp³-hybridized carbons (Fsp3) is 0.321. The highest BCUT2D eigenvalue weighted by Crippen LogP contribution is 2.21. The number of carboxylic acid groups (broad SMARTS) is 1. The van der Waals surface area contributed by atoms with Crippen LogP contribution in [0.15, 0.2) is 48.7 Å². The van der Waals surface area contributed by atoms with Crippen molar-refractivity contribution in [1.29, 1.82) is 0 Å². The normalized spacial score (nSPS) is 13.9. The molecule has 0 saturated carbocycles. The zero-order chi connectivity index (χ0) is 31.1. The maximum absolute atomic E-state index is 14.0. The van der Waals surface area contributed by atoms with Crippen molar-refractivity contribution in [2.45, 2.75) is 25.9 Å². The molecule has 1 saturated heterocycles.